The summed E-state index contributed by atoms with van der Waals surface area (Å²) < 4.78 is 76.9. The van der Waals surface area contributed by atoms with Crippen molar-refractivity contribution < 1.29 is 21.6 Å². The lowest BCUT2D eigenvalue weighted by Crippen LogP contribution is -2.51. The number of fused-ring (bicyclic) bond motifs is 3. The second kappa shape index (κ2) is 13.3. The number of aromatic nitrogens is 7. The molecule has 2 saturated heterocycles. The van der Waals surface area contributed by atoms with E-state index in [1.807, 2.05) is 29.2 Å². The maximum atomic E-state index is 14.3. The van der Waals surface area contributed by atoms with E-state index in [9.17, 15) is 21.6 Å². The van der Waals surface area contributed by atoms with Gasteiger partial charge in [-0.15, -0.1) is 16.4 Å². The van der Waals surface area contributed by atoms with Crippen LogP contribution in [0.25, 0.3) is 17.0 Å². The molecule has 0 amide bonds. The third kappa shape index (κ3) is 6.17. The molecule has 1 N–H and O–H groups in total. The Balaban J connectivity index is 1.04. The van der Waals surface area contributed by atoms with E-state index in [4.69, 9.17) is 16.6 Å². The van der Waals surface area contributed by atoms with Crippen molar-refractivity contribution in [2.75, 3.05) is 6.54 Å². The van der Waals surface area contributed by atoms with Gasteiger partial charge in [-0.25, -0.2) is 23.7 Å². The van der Waals surface area contributed by atoms with Gasteiger partial charge in [-0.2, -0.15) is 31.3 Å². The van der Waals surface area contributed by atoms with Crippen LogP contribution in [0.3, 0.4) is 0 Å². The molecule has 13 nitrogen and oxygen atoms in total. The number of pyridine rings is 1. The number of hydrogen-bond acceptors (Lipinski definition) is 10. The van der Waals surface area contributed by atoms with Crippen LogP contribution in [-0.4, -0.2) is 82.9 Å². The van der Waals surface area contributed by atoms with Crippen molar-refractivity contribution in [3.63, 3.8) is 0 Å². The normalized spacial score (nSPS) is 23.2. The van der Waals surface area contributed by atoms with Crippen molar-refractivity contribution in [2.24, 2.45) is 4.99 Å². The van der Waals surface area contributed by atoms with E-state index in [0.717, 1.165) is 5.57 Å². The molecular weight excluding hydrogens is 751 g/mol. The van der Waals surface area contributed by atoms with Gasteiger partial charge in [0.15, 0.2) is 16.7 Å². The lowest BCUT2D eigenvalue weighted by atomic mass is 9.92. The Hall–Kier alpha value is -4.75. The molecule has 4 atom stereocenters. The summed E-state index contributed by atoms with van der Waals surface area (Å²) in [5, 5.41) is 15.2. The monoisotopic (exact) mass is 779 g/mol. The fraction of sp³-hybridized carbons (Fsp3) is 0.294. The average molecular weight is 780 g/mol. The molecule has 8 heterocycles. The Bertz CT molecular complexity index is 2400. The number of amidine groups is 1. The molecule has 0 radical (unpaired) electrons. The van der Waals surface area contributed by atoms with Crippen LogP contribution in [0.2, 0.25) is 5.02 Å². The minimum absolute atomic E-state index is 0.0969. The van der Waals surface area contributed by atoms with E-state index < -0.39 is 34.7 Å². The SMILES string of the molecule is O=S(=O)(N[C@H]1CC2=C(c3ccn(C(F)F)n3)[C@H](c3ccc(F)cc3Cl)N=C(c3nccs3)N2C1)N1C2CC[C@H]1C=C(c1cn(-c3ccccn3)nn1)C2. The molecule has 1 unspecified atom stereocenters. The van der Waals surface area contributed by atoms with Crippen molar-refractivity contribution in [2.45, 2.75) is 56.4 Å². The topological polar surface area (TPSA) is 139 Å². The first-order valence-corrected chi connectivity index (χ1v) is 19.4. The molecule has 272 valence electrons. The number of benzene rings is 1. The first-order chi connectivity index (χ1) is 25.6. The van der Waals surface area contributed by atoms with Crippen LogP contribution in [-0.2, 0) is 10.2 Å². The summed E-state index contributed by atoms with van der Waals surface area (Å²) in [6, 6.07) is 8.73. The second-order valence-corrected chi connectivity index (χ2v) is 16.0. The molecule has 4 aliphatic heterocycles. The van der Waals surface area contributed by atoms with E-state index in [1.165, 1.54) is 41.8 Å². The lowest BCUT2D eigenvalue weighted by molar-refractivity contribution is 0.0564. The lowest BCUT2D eigenvalue weighted by Gasteiger charge is -2.33. The van der Waals surface area contributed by atoms with Gasteiger partial charge in [0, 0.05) is 76.9 Å². The van der Waals surface area contributed by atoms with Gasteiger partial charge in [0.05, 0.1) is 11.9 Å². The van der Waals surface area contributed by atoms with Crippen LogP contribution in [0.1, 0.15) is 60.2 Å². The van der Waals surface area contributed by atoms with Crippen LogP contribution in [0.5, 0.6) is 0 Å². The molecule has 53 heavy (non-hydrogen) atoms. The largest absolute Gasteiger partial charge is 0.333 e. The first-order valence-electron chi connectivity index (χ1n) is 16.8. The van der Waals surface area contributed by atoms with E-state index in [2.05, 4.69) is 30.1 Å². The molecule has 0 saturated carbocycles. The van der Waals surface area contributed by atoms with Crippen molar-refractivity contribution in [1.29, 1.82) is 0 Å². The summed E-state index contributed by atoms with van der Waals surface area (Å²) in [5.41, 5.74) is 3.34. The second-order valence-electron chi connectivity index (χ2n) is 13.1. The zero-order valence-corrected chi connectivity index (χ0v) is 29.9. The maximum Gasteiger partial charge on any atom is 0.333 e. The molecule has 9 rings (SSSR count). The Kier molecular flexibility index (Phi) is 8.53. The number of aliphatic imine (C=N–C) groups is 1. The van der Waals surface area contributed by atoms with Crippen LogP contribution < -0.4 is 4.72 Å². The molecule has 5 aromatic rings. The fourth-order valence-electron chi connectivity index (χ4n) is 7.67. The highest BCUT2D eigenvalue weighted by atomic mass is 35.5. The van der Waals surface area contributed by atoms with Gasteiger partial charge in [-0.1, -0.05) is 35.0 Å². The third-order valence-corrected chi connectivity index (χ3v) is 12.7. The highest BCUT2D eigenvalue weighted by Crippen LogP contribution is 2.47. The summed E-state index contributed by atoms with van der Waals surface area (Å²) in [7, 11) is -4.02. The number of nitrogens with one attached hydrogen (secondary N) is 1. The summed E-state index contributed by atoms with van der Waals surface area (Å²) in [6.07, 6.45) is 10.2. The smallest absolute Gasteiger partial charge is 0.326 e. The number of alkyl halides is 2. The van der Waals surface area contributed by atoms with Gasteiger partial charge in [-0.3, -0.25) is 4.99 Å². The highest BCUT2D eigenvalue weighted by molar-refractivity contribution is 7.87. The van der Waals surface area contributed by atoms with Crippen LogP contribution in [0.15, 0.2) is 89.4 Å². The molecule has 0 aliphatic carbocycles. The van der Waals surface area contributed by atoms with Gasteiger partial charge in [0.2, 0.25) is 0 Å². The summed E-state index contributed by atoms with van der Waals surface area (Å²) in [4.78, 5) is 15.7. The molecule has 2 bridgehead atoms. The zero-order valence-electron chi connectivity index (χ0n) is 27.5. The Labute approximate surface area is 310 Å². The Morgan fingerprint density at radius 2 is 1.92 bits per heavy atom. The molecular formula is C34H29ClF3N11O2S2. The van der Waals surface area contributed by atoms with Gasteiger partial charge < -0.3 is 4.90 Å². The van der Waals surface area contributed by atoms with Crippen molar-refractivity contribution in [1.82, 2.24) is 48.7 Å². The Morgan fingerprint density at radius 1 is 1.04 bits per heavy atom. The predicted molar refractivity (Wildman–Crippen MR) is 191 cm³/mol. The number of thiazole rings is 1. The summed E-state index contributed by atoms with van der Waals surface area (Å²) in [6.45, 7) is -2.70. The number of nitrogens with zero attached hydrogens (tertiary/aromatic N) is 10. The predicted octanol–water partition coefficient (Wildman–Crippen LogP) is 5.64. The van der Waals surface area contributed by atoms with Gasteiger partial charge >= 0.3 is 6.55 Å². The highest BCUT2D eigenvalue weighted by Gasteiger charge is 2.47. The minimum Gasteiger partial charge on any atom is -0.326 e. The molecule has 0 spiro atoms. The quantitative estimate of drug-likeness (QED) is 0.203. The zero-order chi connectivity index (χ0) is 36.4. The van der Waals surface area contributed by atoms with Crippen LogP contribution in [0.4, 0.5) is 13.2 Å². The van der Waals surface area contributed by atoms with Crippen molar-refractivity contribution in [3.8, 4) is 5.82 Å². The van der Waals surface area contributed by atoms with E-state index in [-0.39, 0.29) is 35.8 Å². The number of rotatable bonds is 9. The average Bonchev–Trinajstić information content (AvgIpc) is 3.98. The Morgan fingerprint density at radius 3 is 2.66 bits per heavy atom. The van der Waals surface area contributed by atoms with Crippen LogP contribution in [0, 0.1) is 5.82 Å². The van der Waals surface area contributed by atoms with Gasteiger partial charge in [0.1, 0.15) is 17.6 Å². The van der Waals surface area contributed by atoms with Crippen molar-refractivity contribution in [3.05, 3.63) is 117 Å². The molecule has 4 aromatic heterocycles. The molecule has 19 heteroatoms. The van der Waals surface area contributed by atoms with Gasteiger partial charge in [-0.05, 0) is 55.2 Å². The third-order valence-electron chi connectivity index (χ3n) is 9.86. The summed E-state index contributed by atoms with van der Waals surface area (Å²) >= 11 is 7.93. The molecule has 2 fully saturated rings. The maximum absolute atomic E-state index is 14.3. The van der Waals surface area contributed by atoms with E-state index >= 15 is 0 Å². The number of hydrogen-bond donors (Lipinski definition) is 1. The summed E-state index contributed by atoms with van der Waals surface area (Å²) in [5.74, 6) is 0.544. The van der Waals surface area contributed by atoms with Crippen molar-refractivity contribution >= 4 is 50.1 Å². The minimum atomic E-state index is -4.02. The standard InChI is InChI=1S/C34H29ClF3N11O2S2/c35-25-15-20(36)4-7-24(25)31-30(26-8-11-47(43-26)34(37)38)28-16-21(17-46(28)32(41-31)33-40-10-12-52-33)44-53(50,51)49-22-5-6-23(49)14-19(13-22)27-18-48(45-42-27)29-3-1-2-9-39-29/h1-4,7-13,15,18,21-23,31,34,44H,5-6,14,16-17H2/t21-,22-,23?,31-/m0/s1. The fourth-order valence-corrected chi connectivity index (χ4v) is 10.4. The van der Waals surface area contributed by atoms with Crippen LogP contribution >= 0.6 is 22.9 Å². The van der Waals surface area contributed by atoms with Gasteiger partial charge in [0.25, 0.3) is 10.2 Å². The molecule has 4 aliphatic rings. The van der Waals surface area contributed by atoms with E-state index in [0.29, 0.717) is 63.1 Å². The van der Waals surface area contributed by atoms with E-state index in [1.54, 1.807) is 33.0 Å². The number of halogens is 4. The molecule has 1 aromatic carbocycles. The first kappa shape index (κ1) is 34.0.